The van der Waals surface area contributed by atoms with E-state index in [4.69, 9.17) is 28.4 Å². The molecular formula is C54H45N3O6. The summed E-state index contributed by atoms with van der Waals surface area (Å²) < 4.78 is 38.0. The van der Waals surface area contributed by atoms with Crippen LogP contribution in [0.3, 0.4) is 0 Å². The quantitative estimate of drug-likeness (QED) is 0.119. The summed E-state index contributed by atoms with van der Waals surface area (Å²) in [5.74, 6) is 3.93. The zero-order valence-corrected chi connectivity index (χ0v) is 35.4. The largest absolute Gasteiger partial charge is 0.493 e. The second-order valence-electron chi connectivity index (χ2n) is 15.7. The molecule has 0 atom stereocenters. The topological polar surface area (TPSA) is 94.1 Å². The Balaban J connectivity index is 1.05. The molecule has 0 fully saturated rings. The monoisotopic (exact) mass is 831 g/mol. The summed E-state index contributed by atoms with van der Waals surface area (Å²) in [4.78, 5) is 14.0. The van der Waals surface area contributed by atoms with E-state index >= 15 is 0 Å². The zero-order valence-electron chi connectivity index (χ0n) is 35.4. The van der Waals surface area contributed by atoms with Crippen molar-refractivity contribution in [3.05, 3.63) is 196 Å². The first-order chi connectivity index (χ1) is 31.0. The van der Waals surface area contributed by atoms with Gasteiger partial charge in [-0.05, 0) is 107 Å². The molecule has 63 heavy (non-hydrogen) atoms. The van der Waals surface area contributed by atoms with Crippen LogP contribution >= 0.6 is 0 Å². The third-order valence-electron chi connectivity index (χ3n) is 11.9. The number of fused-ring (bicyclic) bond motifs is 6. The third kappa shape index (κ3) is 8.01. The maximum Gasteiger partial charge on any atom is 0.161 e. The summed E-state index contributed by atoms with van der Waals surface area (Å²) in [7, 11) is 5.06. The predicted molar refractivity (Wildman–Crippen MR) is 246 cm³/mol. The molecule has 9 aromatic rings. The molecule has 0 saturated carbocycles. The summed E-state index contributed by atoms with van der Waals surface area (Å²) in [5.41, 5.74) is 12.4. The van der Waals surface area contributed by atoms with Gasteiger partial charge in [0.15, 0.2) is 34.5 Å². The van der Waals surface area contributed by atoms with Crippen molar-refractivity contribution in [2.75, 3.05) is 21.3 Å². The number of hydrogen-bond acceptors (Lipinski definition) is 9. The predicted octanol–water partition coefficient (Wildman–Crippen LogP) is 11.2. The van der Waals surface area contributed by atoms with E-state index in [1.54, 1.807) is 21.3 Å². The average Bonchev–Trinajstić information content (AvgIpc) is 3.38. The number of hydrogen-bond donors (Lipinski definition) is 0. The molecule has 3 aromatic heterocycles. The van der Waals surface area contributed by atoms with Crippen LogP contribution in [-0.4, -0.2) is 36.3 Å². The van der Waals surface area contributed by atoms with Crippen molar-refractivity contribution < 1.29 is 28.4 Å². The van der Waals surface area contributed by atoms with Crippen LogP contribution in [0.1, 0.15) is 50.1 Å². The summed E-state index contributed by atoms with van der Waals surface area (Å²) in [6.45, 7) is 0.989. The SMILES string of the molecule is COc1cc2c(cc1OCc1cccc3cccnc13)Cc1cc(OC)c(OCc3cccc4cccnc34)cc1Cc1cc(OC)c(OCc3cccc4cccnc34)cc1C2. The highest BCUT2D eigenvalue weighted by molar-refractivity contribution is 5.83. The second-order valence-corrected chi connectivity index (χ2v) is 15.7. The molecule has 0 aliphatic heterocycles. The number of rotatable bonds is 12. The Labute approximate surface area is 365 Å². The number of ether oxygens (including phenoxy) is 6. The van der Waals surface area contributed by atoms with Gasteiger partial charge in [-0.3, -0.25) is 15.0 Å². The molecule has 0 bridgehead atoms. The maximum absolute atomic E-state index is 6.62. The molecule has 0 N–H and O–H groups in total. The molecule has 1 aliphatic rings. The van der Waals surface area contributed by atoms with Gasteiger partial charge in [-0.15, -0.1) is 0 Å². The fraction of sp³-hybridized carbons (Fsp3) is 0.167. The minimum Gasteiger partial charge on any atom is -0.493 e. The smallest absolute Gasteiger partial charge is 0.161 e. The van der Waals surface area contributed by atoms with Crippen molar-refractivity contribution in [2.45, 2.75) is 39.1 Å². The number of nitrogens with zero attached hydrogens (tertiary/aromatic N) is 3. The van der Waals surface area contributed by atoms with Gasteiger partial charge >= 0.3 is 0 Å². The van der Waals surface area contributed by atoms with E-state index in [-0.39, 0.29) is 0 Å². The van der Waals surface area contributed by atoms with E-state index in [1.807, 2.05) is 55.0 Å². The molecule has 3 heterocycles. The normalized spacial score (nSPS) is 12.0. The van der Waals surface area contributed by atoms with Crippen LogP contribution in [0.25, 0.3) is 32.7 Å². The van der Waals surface area contributed by atoms with Crippen LogP contribution in [0.4, 0.5) is 0 Å². The third-order valence-corrected chi connectivity index (χ3v) is 11.9. The first kappa shape index (κ1) is 39.5. The van der Waals surface area contributed by atoms with Crippen LogP contribution in [0, 0.1) is 0 Å². The average molecular weight is 832 g/mol. The van der Waals surface area contributed by atoms with Crippen LogP contribution in [-0.2, 0) is 39.1 Å². The maximum atomic E-state index is 6.62. The number of aromatic nitrogens is 3. The Morgan fingerprint density at radius 2 is 0.619 bits per heavy atom. The lowest BCUT2D eigenvalue weighted by molar-refractivity contribution is 0.284. The van der Waals surface area contributed by atoms with E-state index in [0.717, 1.165) is 82.8 Å². The van der Waals surface area contributed by atoms with E-state index in [0.29, 0.717) is 73.6 Å². The van der Waals surface area contributed by atoms with Gasteiger partial charge in [0.05, 0.1) is 37.9 Å². The van der Waals surface area contributed by atoms with Crippen molar-refractivity contribution in [3.8, 4) is 34.5 Å². The molecule has 6 aromatic carbocycles. The lowest BCUT2D eigenvalue weighted by Crippen LogP contribution is -2.05. The second kappa shape index (κ2) is 17.4. The van der Waals surface area contributed by atoms with Crippen molar-refractivity contribution in [2.24, 2.45) is 0 Å². The zero-order chi connectivity index (χ0) is 42.7. The first-order valence-electron chi connectivity index (χ1n) is 21.0. The fourth-order valence-corrected chi connectivity index (χ4v) is 8.67. The number of pyridine rings is 3. The lowest BCUT2D eigenvalue weighted by atomic mass is 9.94. The number of para-hydroxylation sites is 3. The van der Waals surface area contributed by atoms with E-state index < -0.39 is 0 Å². The molecule has 10 rings (SSSR count). The molecule has 0 amide bonds. The summed E-state index contributed by atoms with van der Waals surface area (Å²) in [6, 6.07) is 43.2. The molecule has 0 radical (unpaired) electrons. The lowest BCUT2D eigenvalue weighted by Gasteiger charge is -2.19. The molecule has 9 nitrogen and oxygen atoms in total. The number of benzene rings is 6. The standard InChI is InChI=1S/C54H45N3O6/c1-58-46-25-40-22-44-29-50(62-32-38-14-5-11-35-17-8-20-56-53(35)38)48(60-3)27-42(44)24-45-30-51(63-33-39-15-6-12-36-18-9-21-57-54(36)39)47(59-2)26-41(45)23-43(40)28-49(46)61-31-37-13-4-10-34-16-7-19-55-52(34)37/h4-21,25-30H,22-24,31-33H2,1-3H3. The highest BCUT2D eigenvalue weighted by atomic mass is 16.5. The Morgan fingerprint density at radius 3 is 0.905 bits per heavy atom. The van der Waals surface area contributed by atoms with Gasteiger partial charge in [-0.1, -0.05) is 72.8 Å². The van der Waals surface area contributed by atoms with Crippen molar-refractivity contribution in [3.63, 3.8) is 0 Å². The van der Waals surface area contributed by atoms with Crippen LogP contribution in [0.2, 0.25) is 0 Å². The van der Waals surface area contributed by atoms with Gasteiger partial charge in [0, 0.05) is 51.4 Å². The molecule has 312 valence electrons. The minimum absolute atomic E-state index is 0.330. The molecular weight excluding hydrogens is 787 g/mol. The van der Waals surface area contributed by atoms with E-state index in [9.17, 15) is 0 Å². The van der Waals surface area contributed by atoms with Gasteiger partial charge < -0.3 is 28.4 Å². The molecule has 1 aliphatic carbocycles. The number of methoxy groups -OCH3 is 3. The fourth-order valence-electron chi connectivity index (χ4n) is 8.67. The molecule has 0 spiro atoms. The Morgan fingerprint density at radius 1 is 0.349 bits per heavy atom. The van der Waals surface area contributed by atoms with Crippen molar-refractivity contribution >= 4 is 32.7 Å². The van der Waals surface area contributed by atoms with Crippen LogP contribution in [0.5, 0.6) is 34.5 Å². The molecule has 0 unspecified atom stereocenters. The summed E-state index contributed by atoms with van der Waals surface area (Å²) in [6.07, 6.45) is 7.30. The van der Waals surface area contributed by atoms with Gasteiger partial charge in [-0.2, -0.15) is 0 Å². The van der Waals surface area contributed by atoms with Crippen LogP contribution in [0.15, 0.2) is 146 Å². The van der Waals surface area contributed by atoms with Crippen molar-refractivity contribution in [1.82, 2.24) is 15.0 Å². The van der Waals surface area contributed by atoms with E-state index in [1.165, 1.54) is 0 Å². The molecule has 9 heteroatoms. The summed E-state index contributed by atoms with van der Waals surface area (Å²) in [5, 5.41) is 3.19. The van der Waals surface area contributed by atoms with Crippen LogP contribution < -0.4 is 28.4 Å². The van der Waals surface area contributed by atoms with E-state index in [2.05, 4.69) is 106 Å². The Bertz CT molecular complexity index is 2800. The van der Waals surface area contributed by atoms with Gasteiger partial charge in [-0.25, -0.2) is 0 Å². The summed E-state index contributed by atoms with van der Waals surface area (Å²) >= 11 is 0. The van der Waals surface area contributed by atoms with Gasteiger partial charge in [0.1, 0.15) is 19.8 Å². The van der Waals surface area contributed by atoms with Crippen molar-refractivity contribution in [1.29, 1.82) is 0 Å². The minimum atomic E-state index is 0.330. The molecule has 0 saturated heterocycles. The van der Waals surface area contributed by atoms with Gasteiger partial charge in [0.2, 0.25) is 0 Å². The first-order valence-corrected chi connectivity index (χ1v) is 21.0. The Hall–Kier alpha value is -7.65. The van der Waals surface area contributed by atoms with Gasteiger partial charge in [0.25, 0.3) is 0 Å². The Kier molecular flexibility index (Phi) is 10.9. The highest BCUT2D eigenvalue weighted by Gasteiger charge is 2.23. The highest BCUT2D eigenvalue weighted by Crippen LogP contribution is 2.42.